The molecule has 128 valence electrons. The maximum absolute atomic E-state index is 12.2. The van der Waals surface area contributed by atoms with Crippen molar-refractivity contribution in [3.63, 3.8) is 0 Å². The van der Waals surface area contributed by atoms with Crippen molar-refractivity contribution in [2.75, 3.05) is 31.5 Å². The van der Waals surface area contributed by atoms with Gasteiger partial charge in [0.25, 0.3) is 0 Å². The number of rotatable bonds is 5. The molecule has 6 heteroatoms. The van der Waals surface area contributed by atoms with Crippen molar-refractivity contribution < 1.29 is 4.79 Å². The molecule has 3 rings (SSSR count). The topological polar surface area (TPSA) is 62.2 Å². The number of para-hydroxylation sites is 2. The molecular formula is C18H25N5O. The van der Waals surface area contributed by atoms with Gasteiger partial charge in [-0.15, -0.1) is 0 Å². The summed E-state index contributed by atoms with van der Waals surface area (Å²) < 4.78 is 1.74. The van der Waals surface area contributed by atoms with E-state index in [9.17, 15) is 4.79 Å². The van der Waals surface area contributed by atoms with Crippen molar-refractivity contribution in [3.8, 4) is 5.69 Å². The molecule has 1 fully saturated rings. The number of anilines is 1. The lowest BCUT2D eigenvalue weighted by atomic mass is 9.99. The summed E-state index contributed by atoms with van der Waals surface area (Å²) in [5.74, 6) is 0.830. The molecule has 0 bridgehead atoms. The number of likely N-dealkylation sites (tertiary alicyclic amines) is 1. The molecule has 0 saturated carbocycles. The summed E-state index contributed by atoms with van der Waals surface area (Å²) in [7, 11) is 0. The van der Waals surface area contributed by atoms with E-state index >= 15 is 0 Å². The highest BCUT2D eigenvalue weighted by molar-refractivity contribution is 5.91. The maximum atomic E-state index is 12.2. The van der Waals surface area contributed by atoms with Gasteiger partial charge >= 0.3 is 6.03 Å². The number of aromatic nitrogens is 2. The largest absolute Gasteiger partial charge is 0.337 e. The molecule has 2 amide bonds. The standard InChI is InChI=1S/C18H25N5O/c1-15-7-12-22(13-8-15)14-10-19-18(24)21-16-5-2-3-6-17(16)23-11-4-9-20-23/h2-6,9,11,15H,7-8,10,12-14H2,1H3,(H2,19,21,24). The predicted octanol–water partition coefficient (Wildman–Crippen LogP) is 2.73. The Balaban J connectivity index is 1.49. The lowest BCUT2D eigenvalue weighted by Gasteiger charge is -2.30. The molecule has 2 N–H and O–H groups in total. The summed E-state index contributed by atoms with van der Waals surface area (Å²) in [6.45, 7) is 6.13. The van der Waals surface area contributed by atoms with Crippen LogP contribution in [0.1, 0.15) is 19.8 Å². The second-order valence-corrected chi connectivity index (χ2v) is 6.37. The number of amides is 2. The molecule has 1 aromatic heterocycles. The molecule has 2 aromatic rings. The highest BCUT2D eigenvalue weighted by Crippen LogP contribution is 2.18. The molecule has 6 nitrogen and oxygen atoms in total. The van der Waals surface area contributed by atoms with E-state index in [2.05, 4.69) is 27.6 Å². The molecule has 0 aliphatic carbocycles. The molecule has 0 spiro atoms. The Morgan fingerprint density at radius 1 is 1.25 bits per heavy atom. The number of hydrogen-bond acceptors (Lipinski definition) is 3. The maximum Gasteiger partial charge on any atom is 0.319 e. The SMILES string of the molecule is CC1CCN(CCNC(=O)Nc2ccccc2-n2cccn2)CC1. The van der Waals surface area contributed by atoms with Gasteiger partial charge in [-0.1, -0.05) is 19.1 Å². The first-order valence-corrected chi connectivity index (χ1v) is 8.58. The van der Waals surface area contributed by atoms with Crippen LogP contribution in [0, 0.1) is 5.92 Å². The number of hydrogen-bond donors (Lipinski definition) is 2. The summed E-state index contributed by atoms with van der Waals surface area (Å²) in [4.78, 5) is 14.6. The first-order chi connectivity index (χ1) is 11.7. The molecule has 1 aliphatic heterocycles. The minimum Gasteiger partial charge on any atom is -0.337 e. The van der Waals surface area contributed by atoms with Gasteiger partial charge in [0.15, 0.2) is 0 Å². The molecule has 1 saturated heterocycles. The van der Waals surface area contributed by atoms with Gasteiger partial charge < -0.3 is 15.5 Å². The second kappa shape index (κ2) is 7.97. The van der Waals surface area contributed by atoms with Crippen molar-refractivity contribution >= 4 is 11.7 Å². The minimum absolute atomic E-state index is 0.181. The van der Waals surface area contributed by atoms with Gasteiger partial charge in [0.2, 0.25) is 0 Å². The quantitative estimate of drug-likeness (QED) is 0.887. The van der Waals surface area contributed by atoms with Crippen molar-refractivity contribution in [3.05, 3.63) is 42.7 Å². The highest BCUT2D eigenvalue weighted by atomic mass is 16.2. The van der Waals surface area contributed by atoms with E-state index in [1.165, 1.54) is 12.8 Å². The number of carbonyl (C=O) groups is 1. The molecule has 24 heavy (non-hydrogen) atoms. The van der Waals surface area contributed by atoms with Gasteiger partial charge in [0.05, 0.1) is 11.4 Å². The zero-order chi connectivity index (χ0) is 16.8. The van der Waals surface area contributed by atoms with E-state index < -0.39 is 0 Å². The number of urea groups is 1. The minimum atomic E-state index is -0.181. The van der Waals surface area contributed by atoms with Crippen LogP contribution < -0.4 is 10.6 Å². The lowest BCUT2D eigenvalue weighted by molar-refractivity contribution is 0.192. The number of carbonyl (C=O) groups excluding carboxylic acids is 1. The first kappa shape index (κ1) is 16.5. The van der Waals surface area contributed by atoms with Gasteiger partial charge in [-0.3, -0.25) is 0 Å². The van der Waals surface area contributed by atoms with Gasteiger partial charge in [-0.25, -0.2) is 9.48 Å². The lowest BCUT2D eigenvalue weighted by Crippen LogP contribution is -2.40. The van der Waals surface area contributed by atoms with Crippen molar-refractivity contribution in [1.29, 1.82) is 0 Å². The fourth-order valence-corrected chi connectivity index (χ4v) is 2.97. The average molecular weight is 327 g/mol. The number of nitrogens with zero attached hydrogens (tertiary/aromatic N) is 3. The van der Waals surface area contributed by atoms with Gasteiger partial charge in [-0.2, -0.15) is 5.10 Å². The van der Waals surface area contributed by atoms with Crippen LogP contribution in [0.4, 0.5) is 10.5 Å². The monoisotopic (exact) mass is 327 g/mol. The van der Waals surface area contributed by atoms with Crippen LogP contribution in [-0.2, 0) is 0 Å². The fraction of sp³-hybridized carbons (Fsp3) is 0.444. The summed E-state index contributed by atoms with van der Waals surface area (Å²) in [6.07, 6.45) is 6.08. The molecular weight excluding hydrogens is 302 g/mol. The van der Waals surface area contributed by atoms with Crippen LogP contribution in [0.15, 0.2) is 42.7 Å². The van der Waals surface area contributed by atoms with Crippen LogP contribution in [0.3, 0.4) is 0 Å². The van der Waals surface area contributed by atoms with Crippen LogP contribution in [0.25, 0.3) is 5.69 Å². The van der Waals surface area contributed by atoms with Crippen molar-refractivity contribution in [2.24, 2.45) is 5.92 Å². The molecule has 0 unspecified atom stereocenters. The van der Waals surface area contributed by atoms with Crippen LogP contribution in [0.2, 0.25) is 0 Å². The van der Waals surface area contributed by atoms with Crippen molar-refractivity contribution in [1.82, 2.24) is 20.0 Å². The Hall–Kier alpha value is -2.34. The highest BCUT2D eigenvalue weighted by Gasteiger charge is 2.15. The first-order valence-electron chi connectivity index (χ1n) is 8.58. The Morgan fingerprint density at radius 3 is 2.79 bits per heavy atom. The van der Waals surface area contributed by atoms with E-state index in [0.717, 1.165) is 36.9 Å². The molecule has 0 radical (unpaired) electrons. The Bertz CT molecular complexity index is 647. The molecule has 0 atom stereocenters. The van der Waals surface area contributed by atoms with Crippen LogP contribution in [0.5, 0.6) is 0 Å². The predicted molar refractivity (Wildman–Crippen MR) is 95.4 cm³/mol. The molecule has 1 aliphatic rings. The van der Waals surface area contributed by atoms with Crippen LogP contribution in [-0.4, -0.2) is 46.9 Å². The Kier molecular flexibility index (Phi) is 5.48. The molecule has 1 aromatic carbocycles. The summed E-state index contributed by atoms with van der Waals surface area (Å²) >= 11 is 0. The average Bonchev–Trinajstić information content (AvgIpc) is 3.11. The third kappa shape index (κ3) is 4.35. The number of piperidine rings is 1. The van der Waals surface area contributed by atoms with Gasteiger partial charge in [0.1, 0.15) is 0 Å². The van der Waals surface area contributed by atoms with E-state index in [0.29, 0.717) is 6.54 Å². The van der Waals surface area contributed by atoms with Gasteiger partial charge in [-0.05, 0) is 50.0 Å². The van der Waals surface area contributed by atoms with Crippen LogP contribution >= 0.6 is 0 Å². The normalized spacial score (nSPS) is 16.0. The Morgan fingerprint density at radius 2 is 2.04 bits per heavy atom. The van der Waals surface area contributed by atoms with E-state index in [-0.39, 0.29) is 6.03 Å². The fourth-order valence-electron chi connectivity index (χ4n) is 2.97. The van der Waals surface area contributed by atoms with Gasteiger partial charge in [0, 0.05) is 25.5 Å². The Labute approximate surface area is 142 Å². The third-order valence-electron chi connectivity index (χ3n) is 4.49. The number of nitrogens with one attached hydrogen (secondary N) is 2. The smallest absolute Gasteiger partial charge is 0.319 e. The molecule has 2 heterocycles. The summed E-state index contributed by atoms with van der Waals surface area (Å²) in [5, 5.41) is 10.1. The summed E-state index contributed by atoms with van der Waals surface area (Å²) in [5.41, 5.74) is 1.59. The van der Waals surface area contributed by atoms with E-state index in [1.807, 2.05) is 36.5 Å². The van der Waals surface area contributed by atoms with Crippen molar-refractivity contribution in [2.45, 2.75) is 19.8 Å². The number of benzene rings is 1. The summed E-state index contributed by atoms with van der Waals surface area (Å²) in [6, 6.07) is 9.31. The van der Waals surface area contributed by atoms with E-state index in [4.69, 9.17) is 0 Å². The zero-order valence-electron chi connectivity index (χ0n) is 14.1. The third-order valence-corrected chi connectivity index (χ3v) is 4.49. The van der Waals surface area contributed by atoms with E-state index in [1.54, 1.807) is 10.9 Å². The second-order valence-electron chi connectivity index (χ2n) is 6.37. The zero-order valence-corrected chi connectivity index (χ0v) is 14.1.